The maximum Gasteiger partial charge on any atom is 0.309 e. The third-order valence-corrected chi connectivity index (χ3v) is 4.37. The Morgan fingerprint density at radius 2 is 1.07 bits per heavy atom. The molecule has 3 aromatic rings. The van der Waals surface area contributed by atoms with Gasteiger partial charge in [0, 0.05) is 19.0 Å². The molecule has 0 aliphatic carbocycles. The number of carbonyl (C=O) groups is 2. The average Bonchev–Trinajstić information content (AvgIpc) is 2.74. The van der Waals surface area contributed by atoms with E-state index in [0.29, 0.717) is 13.1 Å². The lowest BCUT2D eigenvalue weighted by Gasteiger charge is -2.18. The van der Waals surface area contributed by atoms with Gasteiger partial charge in [-0.05, 0) is 16.7 Å². The van der Waals surface area contributed by atoms with Crippen molar-refractivity contribution in [2.75, 3.05) is 6.54 Å². The summed E-state index contributed by atoms with van der Waals surface area (Å²) >= 11 is 0. The summed E-state index contributed by atoms with van der Waals surface area (Å²) in [6.07, 6.45) is 0. The number of hydrogen-bond donors (Lipinski definition) is 2. The molecule has 2 N–H and O–H groups in total. The summed E-state index contributed by atoms with van der Waals surface area (Å²) in [5.74, 6) is -1.26. The first-order chi connectivity index (χ1) is 13.2. The molecule has 0 aromatic heterocycles. The van der Waals surface area contributed by atoms with Crippen molar-refractivity contribution in [3.8, 4) is 0 Å². The van der Waals surface area contributed by atoms with Gasteiger partial charge < -0.3 is 10.6 Å². The third kappa shape index (κ3) is 5.28. The van der Waals surface area contributed by atoms with Gasteiger partial charge in [-0.1, -0.05) is 91.0 Å². The maximum atomic E-state index is 12.2. The number of benzene rings is 3. The molecule has 0 spiro atoms. The molecular weight excluding hydrogens is 336 g/mol. The van der Waals surface area contributed by atoms with Gasteiger partial charge in [-0.3, -0.25) is 9.59 Å². The Hall–Kier alpha value is -3.40. The summed E-state index contributed by atoms with van der Waals surface area (Å²) in [6.45, 7) is 0.680. The van der Waals surface area contributed by atoms with Gasteiger partial charge in [0.2, 0.25) is 0 Å². The predicted molar refractivity (Wildman–Crippen MR) is 106 cm³/mol. The number of nitrogens with one attached hydrogen (secondary N) is 2. The molecule has 0 unspecified atom stereocenters. The summed E-state index contributed by atoms with van der Waals surface area (Å²) in [7, 11) is 0. The molecule has 27 heavy (non-hydrogen) atoms. The summed E-state index contributed by atoms with van der Waals surface area (Å²) in [5.41, 5.74) is 3.13. The van der Waals surface area contributed by atoms with Crippen molar-refractivity contribution < 1.29 is 9.59 Å². The van der Waals surface area contributed by atoms with Crippen molar-refractivity contribution >= 4 is 11.8 Å². The first-order valence-corrected chi connectivity index (χ1v) is 8.94. The fourth-order valence-electron chi connectivity index (χ4n) is 2.93. The minimum atomic E-state index is -0.626. The van der Waals surface area contributed by atoms with Crippen molar-refractivity contribution in [1.29, 1.82) is 0 Å². The number of amides is 2. The van der Waals surface area contributed by atoms with Crippen LogP contribution in [0.15, 0.2) is 91.0 Å². The van der Waals surface area contributed by atoms with Gasteiger partial charge in [-0.15, -0.1) is 0 Å². The van der Waals surface area contributed by atoms with Crippen LogP contribution < -0.4 is 10.6 Å². The van der Waals surface area contributed by atoms with Crippen molar-refractivity contribution in [1.82, 2.24) is 10.6 Å². The van der Waals surface area contributed by atoms with Gasteiger partial charge in [0.25, 0.3) is 0 Å². The van der Waals surface area contributed by atoms with Gasteiger partial charge in [-0.2, -0.15) is 0 Å². The van der Waals surface area contributed by atoms with E-state index < -0.39 is 11.8 Å². The Labute approximate surface area is 159 Å². The lowest BCUT2D eigenvalue weighted by Crippen LogP contribution is -2.41. The summed E-state index contributed by atoms with van der Waals surface area (Å²) in [6, 6.07) is 29.4. The van der Waals surface area contributed by atoms with Crippen LogP contribution in [0.4, 0.5) is 0 Å². The van der Waals surface area contributed by atoms with Gasteiger partial charge in [0.1, 0.15) is 0 Å². The molecule has 0 saturated heterocycles. The highest BCUT2D eigenvalue weighted by molar-refractivity contribution is 6.35. The molecule has 3 rings (SSSR count). The topological polar surface area (TPSA) is 58.2 Å². The third-order valence-electron chi connectivity index (χ3n) is 4.37. The van der Waals surface area contributed by atoms with Crippen LogP contribution in [0, 0.1) is 0 Å². The average molecular weight is 358 g/mol. The van der Waals surface area contributed by atoms with E-state index in [1.54, 1.807) is 0 Å². The van der Waals surface area contributed by atoms with Crippen molar-refractivity contribution in [3.05, 3.63) is 108 Å². The lowest BCUT2D eigenvalue weighted by atomic mass is 9.91. The van der Waals surface area contributed by atoms with Crippen LogP contribution in [-0.2, 0) is 16.1 Å². The van der Waals surface area contributed by atoms with Crippen LogP contribution >= 0.6 is 0 Å². The fourth-order valence-corrected chi connectivity index (χ4v) is 2.93. The monoisotopic (exact) mass is 358 g/mol. The largest absolute Gasteiger partial charge is 0.347 e. The Balaban J connectivity index is 1.61. The van der Waals surface area contributed by atoms with E-state index in [4.69, 9.17) is 0 Å². The van der Waals surface area contributed by atoms with Crippen molar-refractivity contribution in [2.24, 2.45) is 0 Å². The maximum absolute atomic E-state index is 12.2. The molecule has 0 atom stereocenters. The molecule has 0 aliphatic heterocycles. The summed E-state index contributed by atoms with van der Waals surface area (Å²) in [5, 5.41) is 5.42. The highest BCUT2D eigenvalue weighted by Gasteiger charge is 2.18. The second-order valence-electron chi connectivity index (χ2n) is 6.25. The Kier molecular flexibility index (Phi) is 6.36. The van der Waals surface area contributed by atoms with E-state index in [0.717, 1.165) is 16.7 Å². The Morgan fingerprint density at radius 1 is 0.630 bits per heavy atom. The number of hydrogen-bond acceptors (Lipinski definition) is 2. The second-order valence-corrected chi connectivity index (χ2v) is 6.25. The second kappa shape index (κ2) is 9.34. The molecule has 0 fully saturated rings. The SMILES string of the molecule is O=C(NCc1ccccc1)C(=O)NCC(c1ccccc1)c1ccccc1. The highest BCUT2D eigenvalue weighted by atomic mass is 16.2. The van der Waals surface area contributed by atoms with E-state index in [-0.39, 0.29) is 5.92 Å². The first-order valence-electron chi connectivity index (χ1n) is 8.94. The normalized spacial score (nSPS) is 10.4. The zero-order valence-electron chi connectivity index (χ0n) is 15.0. The van der Waals surface area contributed by atoms with Crippen LogP contribution in [0.2, 0.25) is 0 Å². The molecular formula is C23H22N2O2. The van der Waals surface area contributed by atoms with Crippen LogP contribution in [0.1, 0.15) is 22.6 Å². The molecule has 0 radical (unpaired) electrons. The summed E-state index contributed by atoms with van der Waals surface area (Å²) < 4.78 is 0. The van der Waals surface area contributed by atoms with E-state index >= 15 is 0 Å². The molecule has 0 bridgehead atoms. The van der Waals surface area contributed by atoms with E-state index in [2.05, 4.69) is 10.6 Å². The predicted octanol–water partition coefficient (Wildman–Crippen LogP) is 3.25. The summed E-state index contributed by atoms with van der Waals surface area (Å²) in [4.78, 5) is 24.3. The van der Waals surface area contributed by atoms with E-state index in [9.17, 15) is 9.59 Å². The minimum absolute atomic E-state index is 0.0155. The molecule has 4 nitrogen and oxygen atoms in total. The fraction of sp³-hybridized carbons (Fsp3) is 0.130. The molecule has 2 amide bonds. The van der Waals surface area contributed by atoms with Gasteiger partial charge >= 0.3 is 11.8 Å². The van der Waals surface area contributed by atoms with E-state index in [1.807, 2.05) is 91.0 Å². The van der Waals surface area contributed by atoms with Crippen LogP contribution in [0.5, 0.6) is 0 Å². The quantitative estimate of drug-likeness (QED) is 0.665. The first kappa shape index (κ1) is 18.4. The molecule has 0 heterocycles. The highest BCUT2D eigenvalue weighted by Crippen LogP contribution is 2.23. The standard InChI is InChI=1S/C23H22N2O2/c26-22(24-16-18-10-4-1-5-11-18)23(27)25-17-21(19-12-6-2-7-13-19)20-14-8-3-9-15-20/h1-15,21H,16-17H2,(H,24,26)(H,25,27). The lowest BCUT2D eigenvalue weighted by molar-refractivity contribution is -0.139. The van der Waals surface area contributed by atoms with Gasteiger partial charge in [0.05, 0.1) is 0 Å². The van der Waals surface area contributed by atoms with Gasteiger partial charge in [0.15, 0.2) is 0 Å². The molecule has 0 saturated carbocycles. The Bertz CT molecular complexity index is 825. The van der Waals surface area contributed by atoms with Crippen LogP contribution in [0.3, 0.4) is 0 Å². The minimum Gasteiger partial charge on any atom is -0.347 e. The van der Waals surface area contributed by atoms with Crippen LogP contribution in [0.25, 0.3) is 0 Å². The smallest absolute Gasteiger partial charge is 0.309 e. The zero-order chi connectivity index (χ0) is 18.9. The molecule has 0 aliphatic rings. The zero-order valence-corrected chi connectivity index (χ0v) is 15.0. The van der Waals surface area contributed by atoms with Crippen LogP contribution in [-0.4, -0.2) is 18.4 Å². The molecule has 3 aromatic carbocycles. The number of rotatable bonds is 6. The molecule has 4 heteroatoms. The number of carbonyl (C=O) groups excluding carboxylic acids is 2. The molecule has 136 valence electrons. The van der Waals surface area contributed by atoms with E-state index in [1.165, 1.54) is 0 Å². The van der Waals surface area contributed by atoms with Crippen molar-refractivity contribution in [2.45, 2.75) is 12.5 Å². The van der Waals surface area contributed by atoms with Crippen molar-refractivity contribution in [3.63, 3.8) is 0 Å². The van der Waals surface area contributed by atoms with Gasteiger partial charge in [-0.25, -0.2) is 0 Å². The Morgan fingerprint density at radius 3 is 1.59 bits per heavy atom.